The van der Waals surface area contributed by atoms with Gasteiger partial charge >= 0.3 is 6.18 Å². The lowest BCUT2D eigenvalue weighted by molar-refractivity contribution is -0.910. The van der Waals surface area contributed by atoms with Crippen molar-refractivity contribution in [1.82, 2.24) is 19.7 Å². The first-order valence-corrected chi connectivity index (χ1v) is 12.1. The van der Waals surface area contributed by atoms with Crippen LogP contribution in [0.15, 0.2) is 65.8 Å². The van der Waals surface area contributed by atoms with Crippen LogP contribution >= 0.6 is 0 Å². The Bertz CT molecular complexity index is 1760. The number of benzene rings is 1. The van der Waals surface area contributed by atoms with Gasteiger partial charge in [-0.3, -0.25) is 15.1 Å². The molecule has 0 aliphatic carbocycles. The van der Waals surface area contributed by atoms with Crippen molar-refractivity contribution in [2.45, 2.75) is 40.1 Å². The van der Waals surface area contributed by atoms with E-state index in [1.54, 1.807) is 19.1 Å². The van der Waals surface area contributed by atoms with Gasteiger partial charge in [-0.25, -0.2) is 4.98 Å². The topological polar surface area (TPSA) is 96.9 Å². The molecule has 1 aromatic carbocycles. The number of pyridine rings is 3. The van der Waals surface area contributed by atoms with Crippen molar-refractivity contribution in [3.05, 3.63) is 105 Å². The van der Waals surface area contributed by atoms with Gasteiger partial charge in [-0.15, -0.1) is 0 Å². The van der Waals surface area contributed by atoms with Crippen LogP contribution in [-0.4, -0.2) is 25.0 Å². The highest BCUT2D eigenvalue weighted by molar-refractivity contribution is 5.97. The number of nitrogens with zero attached hydrogens (tertiary/aromatic N) is 4. The molecule has 0 fully saturated rings. The van der Waals surface area contributed by atoms with Gasteiger partial charge in [0.15, 0.2) is 0 Å². The third-order valence-electron chi connectivity index (χ3n) is 6.60. The Labute approximate surface area is 220 Å². The minimum atomic E-state index is -4.79. The lowest BCUT2D eigenvalue weighted by atomic mass is 10.0. The number of hydrogen-bond acceptors (Lipinski definition) is 5. The Hall–Kier alpha value is -4.67. The average molecular weight is 537 g/mol. The van der Waals surface area contributed by atoms with Crippen LogP contribution in [0.1, 0.15) is 33.6 Å². The molecule has 11 heteroatoms. The van der Waals surface area contributed by atoms with Crippen LogP contribution in [0.25, 0.3) is 22.2 Å². The summed E-state index contributed by atoms with van der Waals surface area (Å²) in [6.45, 7) is 5.31. The molecule has 0 radical (unpaired) electrons. The van der Waals surface area contributed by atoms with Crippen molar-refractivity contribution in [2.75, 3.05) is 0 Å². The van der Waals surface area contributed by atoms with Gasteiger partial charge in [-0.1, -0.05) is 12.1 Å². The molecule has 0 unspecified atom stereocenters. The van der Waals surface area contributed by atoms with Crippen molar-refractivity contribution >= 4 is 10.9 Å². The highest BCUT2D eigenvalue weighted by Gasteiger charge is 2.34. The molecule has 0 aliphatic rings. The van der Waals surface area contributed by atoms with Crippen LogP contribution in [-0.2, 0) is 19.3 Å². The van der Waals surface area contributed by atoms with Gasteiger partial charge in [0.1, 0.15) is 30.0 Å². The number of para-hydroxylation sites is 1. The van der Waals surface area contributed by atoms with E-state index < -0.39 is 17.3 Å². The van der Waals surface area contributed by atoms with Crippen LogP contribution in [0, 0.1) is 20.8 Å². The molecule has 0 amide bonds. The van der Waals surface area contributed by atoms with Crippen molar-refractivity contribution in [2.24, 2.45) is 0 Å². The molecule has 8 nitrogen and oxygen atoms in total. The average Bonchev–Trinajstić information content (AvgIpc) is 3.31. The molecule has 5 rings (SSSR count). The number of alkyl halides is 3. The van der Waals surface area contributed by atoms with Gasteiger partial charge in [-0.05, 0) is 56.2 Å². The molecule has 5 aromatic rings. The molecule has 0 saturated carbocycles. The number of nitrogens with one attached hydrogen (secondary N) is 1. The van der Waals surface area contributed by atoms with Crippen LogP contribution in [0.5, 0.6) is 5.75 Å². The molecule has 0 atom stereocenters. The van der Waals surface area contributed by atoms with Gasteiger partial charge < -0.3 is 9.30 Å². The number of aromatic nitrogens is 5. The monoisotopic (exact) mass is 536 g/mol. The summed E-state index contributed by atoms with van der Waals surface area (Å²) >= 11 is 0. The minimum Gasteiger partial charge on any atom is -0.486 e. The zero-order valence-corrected chi connectivity index (χ0v) is 21.4. The number of rotatable bonds is 6. The van der Waals surface area contributed by atoms with E-state index in [1.165, 1.54) is 12.4 Å². The highest BCUT2D eigenvalue weighted by atomic mass is 19.4. The predicted molar refractivity (Wildman–Crippen MR) is 136 cm³/mol. The number of halogens is 3. The van der Waals surface area contributed by atoms with Crippen molar-refractivity contribution in [3.63, 3.8) is 0 Å². The van der Waals surface area contributed by atoms with E-state index in [4.69, 9.17) is 9.72 Å². The molecule has 0 saturated heterocycles. The fourth-order valence-corrected chi connectivity index (χ4v) is 4.58. The van der Waals surface area contributed by atoms with Gasteiger partial charge in [0, 0.05) is 39.8 Å². The molecular weight excluding hydrogens is 511 g/mol. The lowest BCUT2D eigenvalue weighted by Gasteiger charge is -2.14. The zero-order chi connectivity index (χ0) is 27.9. The van der Waals surface area contributed by atoms with E-state index in [2.05, 4.69) is 10.2 Å². The van der Waals surface area contributed by atoms with Crippen molar-refractivity contribution in [1.29, 1.82) is 0 Å². The summed E-state index contributed by atoms with van der Waals surface area (Å²) in [5.74, 6) is 0.487. The Morgan fingerprint density at radius 1 is 1.10 bits per heavy atom. The van der Waals surface area contributed by atoms with E-state index in [9.17, 15) is 23.2 Å². The molecule has 39 heavy (non-hydrogen) atoms. The normalized spacial score (nSPS) is 11.7. The maximum absolute atomic E-state index is 13.3. The van der Waals surface area contributed by atoms with E-state index in [0.29, 0.717) is 16.8 Å². The fourth-order valence-electron chi connectivity index (χ4n) is 4.58. The summed E-state index contributed by atoms with van der Waals surface area (Å²) in [6.07, 6.45) is -0.355. The lowest BCUT2D eigenvalue weighted by Crippen LogP contribution is -2.40. The smallest absolute Gasteiger partial charge is 0.421 e. The van der Waals surface area contributed by atoms with Gasteiger partial charge in [0.2, 0.25) is 6.20 Å². The molecule has 0 aliphatic heterocycles. The minimum absolute atomic E-state index is 0.0260. The third kappa shape index (κ3) is 4.95. The summed E-state index contributed by atoms with van der Waals surface area (Å²) in [5, 5.41) is 18.7. The van der Waals surface area contributed by atoms with E-state index in [1.807, 2.05) is 38.2 Å². The quantitative estimate of drug-likeness (QED) is 0.238. The van der Waals surface area contributed by atoms with E-state index in [-0.39, 0.29) is 18.8 Å². The maximum Gasteiger partial charge on any atom is 0.421 e. The Morgan fingerprint density at radius 3 is 2.62 bits per heavy atom. The molecule has 2 N–H and O–H groups in total. The molecule has 200 valence electrons. The van der Waals surface area contributed by atoms with Crippen LogP contribution < -0.4 is 15.0 Å². The molecule has 4 aromatic heterocycles. The summed E-state index contributed by atoms with van der Waals surface area (Å²) in [5.41, 5.74) is 3.06. The number of fused-ring (bicyclic) bond motifs is 1. The first-order chi connectivity index (χ1) is 18.5. The van der Waals surface area contributed by atoms with E-state index in [0.717, 1.165) is 54.9 Å². The summed E-state index contributed by atoms with van der Waals surface area (Å²) in [7, 11) is 0. The molecule has 0 bridgehead atoms. The second-order valence-corrected chi connectivity index (χ2v) is 9.29. The Morgan fingerprint density at radius 2 is 1.90 bits per heavy atom. The molecule has 4 heterocycles. The standard InChI is InChI=1S/C28H25F3N5O3/c1-16-9-11-36(38)23(14-35-10-5-7-22(27(35)37)28(29,30)31)21(16)15-39-24-8-4-6-19-20(12-18(3)33-26(19)24)25-17(2)13-32-34-25/h4-13,38H,14-15H2,1-3H3,(H,32,34)/q+1. The second-order valence-electron chi connectivity index (χ2n) is 9.29. The number of hydrogen-bond donors (Lipinski definition) is 2. The second kappa shape index (κ2) is 9.90. The van der Waals surface area contributed by atoms with Gasteiger partial charge in [0.05, 0.1) is 11.3 Å². The first kappa shape index (κ1) is 26.0. The summed E-state index contributed by atoms with van der Waals surface area (Å²) < 4.78 is 47.8. The summed E-state index contributed by atoms with van der Waals surface area (Å²) in [6, 6.07) is 11.0. The van der Waals surface area contributed by atoms with Crippen LogP contribution in [0.3, 0.4) is 0 Å². The molecule has 0 spiro atoms. The Balaban J connectivity index is 1.53. The number of aromatic amines is 1. The SMILES string of the molecule is Cc1cc(-c2n[nH]cc2C)c2cccc(OCc3c(C)cc[n+](O)c3Cn3cccc(C(F)(F)F)c3=O)c2n1. The third-order valence-corrected chi connectivity index (χ3v) is 6.60. The largest absolute Gasteiger partial charge is 0.486 e. The highest BCUT2D eigenvalue weighted by Crippen LogP contribution is 2.34. The fraction of sp³-hybridized carbons (Fsp3) is 0.214. The number of H-pyrrole nitrogens is 1. The van der Waals surface area contributed by atoms with Crippen LogP contribution in [0.4, 0.5) is 13.2 Å². The van der Waals surface area contributed by atoms with Crippen molar-refractivity contribution in [3.8, 4) is 17.0 Å². The van der Waals surface area contributed by atoms with Gasteiger partial charge in [0.25, 0.3) is 11.3 Å². The number of ether oxygens (including phenoxy) is 1. The van der Waals surface area contributed by atoms with E-state index >= 15 is 0 Å². The maximum atomic E-state index is 13.3. The van der Waals surface area contributed by atoms with Crippen LogP contribution in [0.2, 0.25) is 0 Å². The van der Waals surface area contributed by atoms with Crippen molar-refractivity contribution < 1.29 is 27.8 Å². The number of aryl methyl sites for hydroxylation is 3. The van der Waals surface area contributed by atoms with Gasteiger partial charge in [-0.2, -0.15) is 18.3 Å². The summed E-state index contributed by atoms with van der Waals surface area (Å²) in [4.78, 5) is 17.2. The zero-order valence-electron chi connectivity index (χ0n) is 21.4. The first-order valence-electron chi connectivity index (χ1n) is 12.1. The Kier molecular flexibility index (Phi) is 6.59. The molecular formula is C28H25F3N5O3+. The predicted octanol–water partition coefficient (Wildman–Crippen LogP) is 4.88.